The van der Waals surface area contributed by atoms with Crippen molar-refractivity contribution in [3.63, 3.8) is 0 Å². The Morgan fingerprint density at radius 3 is 2.50 bits per heavy atom. The molecule has 4 rings (SSSR count). The number of hydrogen-bond acceptors (Lipinski definition) is 7. The Balaban J connectivity index is 1.47. The second kappa shape index (κ2) is 11.0. The largest absolute Gasteiger partial charge is 0.507 e. The number of phenols is 2. The van der Waals surface area contributed by atoms with E-state index in [0.29, 0.717) is 26.2 Å². The molecule has 0 aliphatic carbocycles. The smallest absolute Gasteiger partial charge is 0.258 e. The van der Waals surface area contributed by atoms with Gasteiger partial charge in [-0.1, -0.05) is 19.1 Å². The maximum absolute atomic E-state index is 13.3. The summed E-state index contributed by atoms with van der Waals surface area (Å²) in [6.07, 6.45) is 0. The molecule has 0 saturated carbocycles. The van der Waals surface area contributed by atoms with Crippen molar-refractivity contribution in [3.8, 4) is 17.2 Å². The topological polar surface area (TPSA) is 93.6 Å². The fourth-order valence-corrected chi connectivity index (χ4v) is 4.84. The Morgan fingerprint density at radius 2 is 1.78 bits per heavy atom. The van der Waals surface area contributed by atoms with Gasteiger partial charge in [0.25, 0.3) is 11.8 Å². The molecule has 0 atom stereocenters. The van der Waals surface area contributed by atoms with E-state index in [1.165, 1.54) is 22.3 Å². The first kappa shape index (κ1) is 25.5. The SMILES string of the molecule is CCN(C)CCOc1ccc2c(c1)CN(C(=O)c1cc(C(=O)N(C)Cc3cccs3)c(O)cc1O)C2. The zero-order valence-electron chi connectivity index (χ0n) is 20.7. The van der Waals surface area contributed by atoms with E-state index in [1.807, 2.05) is 42.8 Å². The normalized spacial score (nSPS) is 12.6. The van der Waals surface area contributed by atoms with Crippen molar-refractivity contribution in [1.82, 2.24) is 14.7 Å². The van der Waals surface area contributed by atoms with E-state index in [9.17, 15) is 19.8 Å². The lowest BCUT2D eigenvalue weighted by atomic mass is 10.1. The van der Waals surface area contributed by atoms with Gasteiger partial charge >= 0.3 is 0 Å². The standard InChI is InChI=1S/C27H31N3O5S/c1-4-28(2)9-10-35-20-8-7-18-15-30(16-19(18)12-20)27(34)23-13-22(24(31)14-25(23)32)26(33)29(3)17-21-6-5-11-36-21/h5-8,11-14,31-32H,4,9-10,15-17H2,1-3H3. The maximum Gasteiger partial charge on any atom is 0.258 e. The molecule has 0 fully saturated rings. The molecule has 2 N–H and O–H groups in total. The minimum absolute atomic E-state index is 0.0208. The minimum atomic E-state index is -0.435. The number of phenolic OH excluding ortho intramolecular Hbond substituents is 2. The summed E-state index contributed by atoms with van der Waals surface area (Å²) in [7, 11) is 3.67. The summed E-state index contributed by atoms with van der Waals surface area (Å²) < 4.78 is 5.86. The third kappa shape index (κ3) is 5.63. The van der Waals surface area contributed by atoms with Gasteiger partial charge in [0.2, 0.25) is 0 Å². The summed E-state index contributed by atoms with van der Waals surface area (Å²) in [5, 5.41) is 22.7. The lowest BCUT2D eigenvalue weighted by molar-refractivity contribution is 0.0748. The van der Waals surface area contributed by atoms with Crippen molar-refractivity contribution in [2.24, 2.45) is 0 Å². The van der Waals surface area contributed by atoms with E-state index in [-0.39, 0.29) is 22.6 Å². The van der Waals surface area contributed by atoms with Gasteiger partial charge < -0.3 is 29.6 Å². The number of likely N-dealkylation sites (N-methyl/N-ethyl adjacent to an activating group) is 1. The molecule has 36 heavy (non-hydrogen) atoms. The molecule has 2 aromatic carbocycles. The summed E-state index contributed by atoms with van der Waals surface area (Å²) in [6, 6.07) is 12.0. The minimum Gasteiger partial charge on any atom is -0.507 e. The van der Waals surface area contributed by atoms with Gasteiger partial charge in [0.15, 0.2) is 0 Å². The number of aromatic hydroxyl groups is 2. The number of fused-ring (bicyclic) bond motifs is 1. The molecule has 2 heterocycles. The quantitative estimate of drug-likeness (QED) is 0.454. The van der Waals surface area contributed by atoms with Gasteiger partial charge in [-0.05, 0) is 54.4 Å². The number of nitrogens with zero attached hydrogens (tertiary/aromatic N) is 3. The van der Waals surface area contributed by atoms with E-state index < -0.39 is 11.8 Å². The highest BCUT2D eigenvalue weighted by atomic mass is 32.1. The van der Waals surface area contributed by atoms with Crippen LogP contribution in [0.4, 0.5) is 0 Å². The van der Waals surface area contributed by atoms with Crippen LogP contribution in [0.15, 0.2) is 47.8 Å². The molecule has 0 bridgehead atoms. The number of hydrogen-bond donors (Lipinski definition) is 2. The van der Waals surface area contributed by atoms with Crippen LogP contribution in [0.3, 0.4) is 0 Å². The maximum atomic E-state index is 13.3. The zero-order valence-corrected chi connectivity index (χ0v) is 21.5. The summed E-state index contributed by atoms with van der Waals surface area (Å²) in [6.45, 7) is 5.56. The lowest BCUT2D eigenvalue weighted by Gasteiger charge is -2.20. The summed E-state index contributed by atoms with van der Waals surface area (Å²) in [5.74, 6) is -0.829. The number of rotatable bonds is 9. The number of thiophene rings is 1. The third-order valence-electron chi connectivity index (χ3n) is 6.36. The van der Waals surface area contributed by atoms with Crippen molar-refractivity contribution in [3.05, 3.63) is 75.0 Å². The van der Waals surface area contributed by atoms with Gasteiger partial charge in [-0.3, -0.25) is 9.59 Å². The molecular weight excluding hydrogens is 478 g/mol. The highest BCUT2D eigenvalue weighted by Gasteiger charge is 2.28. The van der Waals surface area contributed by atoms with E-state index >= 15 is 0 Å². The number of ether oxygens (including phenoxy) is 1. The number of benzene rings is 2. The van der Waals surface area contributed by atoms with Crippen LogP contribution < -0.4 is 4.74 Å². The molecule has 0 saturated heterocycles. The van der Waals surface area contributed by atoms with Gasteiger partial charge in [-0.25, -0.2) is 0 Å². The van der Waals surface area contributed by atoms with Gasteiger partial charge in [0.05, 0.1) is 17.7 Å². The molecule has 0 unspecified atom stereocenters. The second-order valence-corrected chi connectivity index (χ2v) is 10.00. The summed E-state index contributed by atoms with van der Waals surface area (Å²) >= 11 is 1.53. The van der Waals surface area contributed by atoms with E-state index in [4.69, 9.17) is 4.74 Å². The third-order valence-corrected chi connectivity index (χ3v) is 7.22. The fourth-order valence-electron chi connectivity index (χ4n) is 4.09. The Morgan fingerprint density at radius 1 is 1.03 bits per heavy atom. The molecule has 1 aromatic heterocycles. The van der Waals surface area contributed by atoms with Crippen LogP contribution in [0.2, 0.25) is 0 Å². The molecule has 1 aliphatic heterocycles. The van der Waals surface area contributed by atoms with Gasteiger partial charge in [0.1, 0.15) is 23.9 Å². The monoisotopic (exact) mass is 509 g/mol. The van der Waals surface area contributed by atoms with Crippen molar-refractivity contribution in [1.29, 1.82) is 0 Å². The first-order valence-electron chi connectivity index (χ1n) is 11.8. The fraction of sp³-hybridized carbons (Fsp3) is 0.333. The second-order valence-electron chi connectivity index (χ2n) is 8.96. The Bertz CT molecular complexity index is 1240. The van der Waals surface area contributed by atoms with Crippen molar-refractivity contribution < 1.29 is 24.5 Å². The lowest BCUT2D eigenvalue weighted by Crippen LogP contribution is -2.28. The zero-order chi connectivity index (χ0) is 25.8. The van der Waals surface area contributed by atoms with Crippen LogP contribution in [0.25, 0.3) is 0 Å². The summed E-state index contributed by atoms with van der Waals surface area (Å²) in [4.78, 5) is 32.6. The average Bonchev–Trinajstić information content (AvgIpc) is 3.52. The van der Waals surface area contributed by atoms with Crippen LogP contribution in [0.5, 0.6) is 17.2 Å². The van der Waals surface area contributed by atoms with Crippen LogP contribution >= 0.6 is 11.3 Å². The highest BCUT2D eigenvalue weighted by Crippen LogP contribution is 2.33. The first-order valence-corrected chi connectivity index (χ1v) is 12.7. The van der Waals surface area contributed by atoms with Crippen LogP contribution in [-0.4, -0.2) is 70.5 Å². The van der Waals surface area contributed by atoms with Gasteiger partial charge in [-0.15, -0.1) is 11.3 Å². The van der Waals surface area contributed by atoms with Crippen LogP contribution in [0, 0.1) is 0 Å². The van der Waals surface area contributed by atoms with E-state index in [0.717, 1.165) is 40.9 Å². The van der Waals surface area contributed by atoms with Crippen molar-refractivity contribution >= 4 is 23.2 Å². The molecule has 0 radical (unpaired) electrons. The van der Waals surface area contributed by atoms with Crippen LogP contribution in [0.1, 0.15) is 43.6 Å². The van der Waals surface area contributed by atoms with E-state index in [2.05, 4.69) is 11.8 Å². The molecule has 1 aliphatic rings. The number of carbonyl (C=O) groups is 2. The first-order chi connectivity index (χ1) is 17.3. The molecule has 2 amide bonds. The predicted octanol–water partition coefficient (Wildman–Crippen LogP) is 3.92. The Labute approximate surface area is 214 Å². The summed E-state index contributed by atoms with van der Waals surface area (Å²) in [5.41, 5.74) is 1.94. The Hall–Kier alpha value is -3.56. The van der Waals surface area contributed by atoms with Gasteiger partial charge in [0, 0.05) is 37.6 Å². The molecular formula is C27H31N3O5S. The number of amides is 2. The van der Waals surface area contributed by atoms with E-state index in [1.54, 1.807) is 11.9 Å². The Kier molecular flexibility index (Phi) is 7.81. The van der Waals surface area contributed by atoms with Gasteiger partial charge in [-0.2, -0.15) is 0 Å². The van der Waals surface area contributed by atoms with Crippen molar-refractivity contribution in [2.75, 3.05) is 33.8 Å². The molecule has 9 heteroatoms. The molecule has 190 valence electrons. The molecule has 0 spiro atoms. The number of carbonyl (C=O) groups excluding carboxylic acids is 2. The molecule has 8 nitrogen and oxygen atoms in total. The highest BCUT2D eigenvalue weighted by molar-refractivity contribution is 7.09. The molecule has 3 aromatic rings. The predicted molar refractivity (Wildman–Crippen MR) is 139 cm³/mol. The van der Waals surface area contributed by atoms with Crippen LogP contribution in [-0.2, 0) is 19.6 Å². The average molecular weight is 510 g/mol. The van der Waals surface area contributed by atoms with Crippen molar-refractivity contribution in [2.45, 2.75) is 26.6 Å².